The van der Waals surface area contributed by atoms with Gasteiger partial charge in [0.15, 0.2) is 0 Å². The van der Waals surface area contributed by atoms with Crippen LogP contribution in [-0.4, -0.2) is 29.1 Å². The number of imidazole rings is 1. The van der Waals surface area contributed by atoms with E-state index in [9.17, 15) is 4.79 Å². The smallest absolute Gasteiger partial charge is 0.207 e. The van der Waals surface area contributed by atoms with Crippen molar-refractivity contribution in [3.8, 4) is 5.75 Å². The Morgan fingerprint density at radius 2 is 1.89 bits per heavy atom. The van der Waals surface area contributed by atoms with Gasteiger partial charge in [0, 0.05) is 19.5 Å². The normalized spacial score (nSPS) is 10.9. The maximum Gasteiger partial charge on any atom is 0.207 e. The summed E-state index contributed by atoms with van der Waals surface area (Å²) in [5, 5.41) is 2.72. The van der Waals surface area contributed by atoms with Gasteiger partial charge in [-0.25, -0.2) is 4.98 Å². The number of fused-ring (bicyclic) bond motifs is 1. The largest absolute Gasteiger partial charge is 0.494 e. The van der Waals surface area contributed by atoms with Crippen LogP contribution in [0.5, 0.6) is 5.75 Å². The molecule has 0 spiro atoms. The summed E-state index contributed by atoms with van der Waals surface area (Å²) in [6.45, 7) is 6.38. The number of carbonyl (C=O) groups is 1. The third kappa shape index (κ3) is 5.09. The SMILES string of the molecule is Cc1cc(C)cc(OCCCCn2c(CCNC=O)nc3ccccc32)c1. The van der Waals surface area contributed by atoms with Gasteiger partial charge < -0.3 is 14.6 Å². The molecule has 1 aromatic heterocycles. The molecule has 3 aromatic rings. The van der Waals surface area contributed by atoms with E-state index in [1.807, 2.05) is 18.2 Å². The van der Waals surface area contributed by atoms with Crippen molar-refractivity contribution in [2.75, 3.05) is 13.2 Å². The lowest BCUT2D eigenvalue weighted by Crippen LogP contribution is -2.17. The summed E-state index contributed by atoms with van der Waals surface area (Å²) in [7, 11) is 0. The lowest BCUT2D eigenvalue weighted by Gasteiger charge is -2.11. The minimum atomic E-state index is 0.600. The molecule has 1 amide bonds. The van der Waals surface area contributed by atoms with Gasteiger partial charge >= 0.3 is 0 Å². The van der Waals surface area contributed by atoms with Crippen LogP contribution in [0.15, 0.2) is 42.5 Å². The lowest BCUT2D eigenvalue weighted by atomic mass is 10.1. The average Bonchev–Trinajstić information content (AvgIpc) is 2.98. The van der Waals surface area contributed by atoms with Crippen LogP contribution in [0.3, 0.4) is 0 Å². The number of amides is 1. The van der Waals surface area contributed by atoms with Gasteiger partial charge in [-0.3, -0.25) is 4.79 Å². The summed E-state index contributed by atoms with van der Waals surface area (Å²) < 4.78 is 8.17. The number of rotatable bonds is 10. The zero-order chi connectivity index (χ0) is 19.1. The number of carbonyl (C=O) groups excluding carboxylic acids is 1. The molecule has 0 aliphatic carbocycles. The van der Waals surface area contributed by atoms with Crippen molar-refractivity contribution in [2.24, 2.45) is 0 Å². The molecule has 142 valence electrons. The highest BCUT2D eigenvalue weighted by molar-refractivity contribution is 5.75. The van der Waals surface area contributed by atoms with E-state index in [-0.39, 0.29) is 0 Å². The van der Waals surface area contributed by atoms with Gasteiger partial charge in [-0.1, -0.05) is 18.2 Å². The van der Waals surface area contributed by atoms with E-state index in [1.54, 1.807) is 0 Å². The van der Waals surface area contributed by atoms with Gasteiger partial charge in [0.05, 0.1) is 17.6 Å². The van der Waals surface area contributed by atoms with Crippen LogP contribution >= 0.6 is 0 Å². The lowest BCUT2D eigenvalue weighted by molar-refractivity contribution is -0.109. The molecule has 0 saturated heterocycles. The molecule has 0 radical (unpaired) electrons. The molecule has 3 rings (SSSR count). The Kier molecular flexibility index (Phi) is 6.47. The molecule has 27 heavy (non-hydrogen) atoms. The summed E-state index contributed by atoms with van der Waals surface area (Å²) in [6.07, 6.45) is 3.45. The second-order valence-electron chi connectivity index (χ2n) is 6.87. The summed E-state index contributed by atoms with van der Waals surface area (Å²) >= 11 is 0. The maximum atomic E-state index is 10.5. The van der Waals surface area contributed by atoms with Crippen molar-refractivity contribution in [3.63, 3.8) is 0 Å². The Morgan fingerprint density at radius 3 is 2.67 bits per heavy atom. The van der Waals surface area contributed by atoms with Gasteiger partial charge in [-0.05, 0) is 62.1 Å². The Bertz CT molecular complexity index is 881. The summed E-state index contributed by atoms with van der Waals surface area (Å²) in [5.41, 5.74) is 4.60. The highest BCUT2D eigenvalue weighted by Crippen LogP contribution is 2.19. The topological polar surface area (TPSA) is 56.1 Å². The van der Waals surface area contributed by atoms with Gasteiger partial charge in [0.1, 0.15) is 11.6 Å². The molecule has 2 aromatic carbocycles. The predicted octanol–water partition coefficient (Wildman–Crippen LogP) is 3.80. The van der Waals surface area contributed by atoms with Crippen LogP contribution in [0.2, 0.25) is 0 Å². The molecular formula is C22H27N3O2. The zero-order valence-electron chi connectivity index (χ0n) is 16.1. The van der Waals surface area contributed by atoms with Crippen molar-refractivity contribution < 1.29 is 9.53 Å². The van der Waals surface area contributed by atoms with Crippen molar-refractivity contribution in [1.29, 1.82) is 0 Å². The monoisotopic (exact) mass is 365 g/mol. The van der Waals surface area contributed by atoms with Gasteiger partial charge in [0.25, 0.3) is 0 Å². The molecule has 0 saturated carbocycles. The second kappa shape index (κ2) is 9.21. The number of aryl methyl sites for hydroxylation is 3. The number of hydrogen-bond donors (Lipinski definition) is 1. The van der Waals surface area contributed by atoms with E-state index in [4.69, 9.17) is 9.72 Å². The molecule has 0 fully saturated rings. The predicted molar refractivity (Wildman–Crippen MR) is 108 cm³/mol. The van der Waals surface area contributed by atoms with Crippen molar-refractivity contribution in [2.45, 2.75) is 39.7 Å². The molecule has 1 heterocycles. The first-order valence-corrected chi connectivity index (χ1v) is 9.49. The maximum absolute atomic E-state index is 10.5. The number of unbranched alkanes of at least 4 members (excludes halogenated alkanes) is 1. The first kappa shape index (κ1) is 19.0. The summed E-state index contributed by atoms with van der Waals surface area (Å²) in [6, 6.07) is 14.5. The van der Waals surface area contributed by atoms with Crippen molar-refractivity contribution in [1.82, 2.24) is 14.9 Å². The van der Waals surface area contributed by atoms with E-state index in [2.05, 4.69) is 48.0 Å². The number of aromatic nitrogens is 2. The number of para-hydroxylation sites is 2. The zero-order valence-corrected chi connectivity index (χ0v) is 16.1. The number of hydrogen-bond acceptors (Lipinski definition) is 3. The van der Waals surface area contributed by atoms with Crippen molar-refractivity contribution in [3.05, 3.63) is 59.4 Å². The average molecular weight is 365 g/mol. The van der Waals surface area contributed by atoms with Gasteiger partial charge in [-0.2, -0.15) is 0 Å². The fraction of sp³-hybridized carbons (Fsp3) is 0.364. The fourth-order valence-corrected chi connectivity index (χ4v) is 3.39. The number of benzene rings is 2. The summed E-state index contributed by atoms with van der Waals surface area (Å²) in [5.74, 6) is 1.96. The van der Waals surface area contributed by atoms with E-state index in [0.29, 0.717) is 13.2 Å². The molecular weight excluding hydrogens is 338 g/mol. The molecule has 0 aliphatic heterocycles. The number of ether oxygens (including phenoxy) is 1. The van der Waals surface area contributed by atoms with Crippen LogP contribution in [0.4, 0.5) is 0 Å². The number of nitrogens with one attached hydrogen (secondary N) is 1. The molecule has 0 aliphatic rings. The molecule has 0 bridgehead atoms. The highest BCUT2D eigenvalue weighted by Gasteiger charge is 2.09. The van der Waals surface area contributed by atoms with Gasteiger partial charge in [-0.15, -0.1) is 0 Å². The Labute approximate surface area is 160 Å². The molecule has 1 N–H and O–H groups in total. The summed E-state index contributed by atoms with van der Waals surface area (Å²) in [4.78, 5) is 15.2. The quantitative estimate of drug-likeness (QED) is 0.439. The van der Waals surface area contributed by atoms with E-state index in [0.717, 1.165) is 54.8 Å². The van der Waals surface area contributed by atoms with Crippen LogP contribution < -0.4 is 10.1 Å². The van der Waals surface area contributed by atoms with E-state index >= 15 is 0 Å². The third-order valence-electron chi connectivity index (χ3n) is 4.55. The highest BCUT2D eigenvalue weighted by atomic mass is 16.5. The van der Waals surface area contributed by atoms with Crippen LogP contribution in [0.1, 0.15) is 29.8 Å². The first-order valence-electron chi connectivity index (χ1n) is 9.49. The second-order valence-corrected chi connectivity index (χ2v) is 6.87. The molecule has 0 atom stereocenters. The molecule has 0 unspecified atom stereocenters. The van der Waals surface area contributed by atoms with E-state index < -0.39 is 0 Å². The van der Waals surface area contributed by atoms with Gasteiger partial charge in [0.2, 0.25) is 6.41 Å². The Morgan fingerprint density at radius 1 is 1.11 bits per heavy atom. The minimum Gasteiger partial charge on any atom is -0.494 e. The molecule has 5 heteroatoms. The standard InChI is InChI=1S/C22H27N3O2/c1-17-13-18(2)15-19(14-17)27-12-6-5-11-25-21-8-4-3-7-20(21)24-22(25)9-10-23-16-26/h3-4,7-8,13-16H,5-6,9-12H2,1-2H3,(H,23,26). The third-order valence-corrected chi connectivity index (χ3v) is 4.55. The Balaban J connectivity index is 1.57. The van der Waals surface area contributed by atoms with E-state index in [1.165, 1.54) is 11.1 Å². The van der Waals surface area contributed by atoms with Crippen LogP contribution in [0.25, 0.3) is 11.0 Å². The fourth-order valence-electron chi connectivity index (χ4n) is 3.39. The number of nitrogens with zero attached hydrogens (tertiary/aromatic N) is 2. The Hall–Kier alpha value is -2.82. The van der Waals surface area contributed by atoms with Crippen molar-refractivity contribution >= 4 is 17.4 Å². The first-order chi connectivity index (χ1) is 13.2. The van der Waals surface area contributed by atoms with Crippen LogP contribution in [0, 0.1) is 13.8 Å². The van der Waals surface area contributed by atoms with Crippen LogP contribution in [-0.2, 0) is 17.8 Å². The minimum absolute atomic E-state index is 0.600. The molecule has 5 nitrogen and oxygen atoms in total.